The molecule has 16 heavy (non-hydrogen) atoms. The van der Waals surface area contributed by atoms with E-state index in [4.69, 9.17) is 0 Å². The first-order valence-corrected chi connectivity index (χ1v) is 6.08. The highest BCUT2D eigenvalue weighted by molar-refractivity contribution is 5.22. The van der Waals surface area contributed by atoms with Crippen LogP contribution in [0.1, 0.15) is 42.6 Å². The standard InChI is InChI=1S/C12H21N3O/c1-8-12(9(2)15-14-8)7-13-10-3-5-11(16)6-4-10/h10-11,13,16H,3-7H2,1-2H3,(H,14,15). The van der Waals surface area contributed by atoms with Gasteiger partial charge in [-0.1, -0.05) is 0 Å². The Kier molecular flexibility index (Phi) is 3.61. The predicted molar refractivity (Wildman–Crippen MR) is 63.2 cm³/mol. The highest BCUT2D eigenvalue weighted by atomic mass is 16.3. The second kappa shape index (κ2) is 4.97. The van der Waals surface area contributed by atoms with Gasteiger partial charge in [0.1, 0.15) is 0 Å². The zero-order chi connectivity index (χ0) is 11.5. The maximum absolute atomic E-state index is 9.42. The molecule has 0 amide bonds. The van der Waals surface area contributed by atoms with E-state index in [2.05, 4.69) is 22.4 Å². The van der Waals surface area contributed by atoms with Gasteiger partial charge in [-0.25, -0.2) is 0 Å². The highest BCUT2D eigenvalue weighted by Crippen LogP contribution is 2.19. The van der Waals surface area contributed by atoms with Crippen molar-refractivity contribution in [3.8, 4) is 0 Å². The first kappa shape index (κ1) is 11.6. The monoisotopic (exact) mass is 223 g/mol. The summed E-state index contributed by atoms with van der Waals surface area (Å²) in [5.41, 5.74) is 3.52. The fourth-order valence-electron chi connectivity index (χ4n) is 2.36. The third kappa shape index (κ3) is 2.62. The molecule has 4 heteroatoms. The molecule has 1 aliphatic rings. The van der Waals surface area contributed by atoms with Gasteiger partial charge in [0.15, 0.2) is 0 Å². The predicted octanol–water partition coefficient (Wildman–Crippen LogP) is 1.42. The summed E-state index contributed by atoms with van der Waals surface area (Å²) >= 11 is 0. The molecule has 0 aliphatic heterocycles. The number of nitrogens with one attached hydrogen (secondary N) is 2. The number of nitrogens with zero attached hydrogens (tertiary/aromatic N) is 1. The van der Waals surface area contributed by atoms with Gasteiger partial charge in [-0.2, -0.15) is 5.10 Å². The Bertz CT molecular complexity index is 321. The Labute approximate surface area is 96.5 Å². The molecule has 0 unspecified atom stereocenters. The molecule has 3 N–H and O–H groups in total. The smallest absolute Gasteiger partial charge is 0.0638 e. The first-order valence-electron chi connectivity index (χ1n) is 6.08. The van der Waals surface area contributed by atoms with Crippen LogP contribution >= 0.6 is 0 Å². The molecular formula is C12H21N3O. The molecule has 1 fully saturated rings. The van der Waals surface area contributed by atoms with Gasteiger partial charge in [0.25, 0.3) is 0 Å². The summed E-state index contributed by atoms with van der Waals surface area (Å²) in [6.07, 6.45) is 3.95. The second-order valence-corrected chi connectivity index (χ2v) is 4.80. The fourth-order valence-corrected chi connectivity index (χ4v) is 2.36. The van der Waals surface area contributed by atoms with Crippen LogP contribution in [0.2, 0.25) is 0 Å². The van der Waals surface area contributed by atoms with Crippen LogP contribution in [0.4, 0.5) is 0 Å². The Morgan fingerprint density at radius 2 is 2.00 bits per heavy atom. The number of aliphatic hydroxyl groups is 1. The van der Waals surface area contributed by atoms with Gasteiger partial charge in [0.05, 0.1) is 11.8 Å². The molecule has 2 rings (SSSR count). The van der Waals surface area contributed by atoms with Gasteiger partial charge in [-0.3, -0.25) is 5.10 Å². The van der Waals surface area contributed by atoms with Crippen molar-refractivity contribution in [1.29, 1.82) is 0 Å². The maximum Gasteiger partial charge on any atom is 0.0638 e. The molecule has 4 nitrogen and oxygen atoms in total. The third-order valence-corrected chi connectivity index (χ3v) is 3.54. The van der Waals surface area contributed by atoms with E-state index >= 15 is 0 Å². The van der Waals surface area contributed by atoms with E-state index in [9.17, 15) is 5.11 Å². The molecule has 1 aliphatic carbocycles. The lowest BCUT2D eigenvalue weighted by molar-refractivity contribution is 0.116. The number of rotatable bonds is 3. The van der Waals surface area contributed by atoms with Crippen LogP contribution in [0, 0.1) is 13.8 Å². The molecule has 1 saturated carbocycles. The van der Waals surface area contributed by atoms with Gasteiger partial charge in [0, 0.05) is 23.8 Å². The number of aliphatic hydroxyl groups excluding tert-OH is 1. The summed E-state index contributed by atoms with van der Waals surface area (Å²) in [6.45, 7) is 4.97. The molecule has 1 aromatic heterocycles. The van der Waals surface area contributed by atoms with Gasteiger partial charge >= 0.3 is 0 Å². The van der Waals surface area contributed by atoms with E-state index in [0.29, 0.717) is 6.04 Å². The minimum absolute atomic E-state index is 0.0737. The van der Waals surface area contributed by atoms with Crippen molar-refractivity contribution in [2.45, 2.75) is 58.2 Å². The summed E-state index contributed by atoms with van der Waals surface area (Å²) in [7, 11) is 0. The number of H-pyrrole nitrogens is 1. The third-order valence-electron chi connectivity index (χ3n) is 3.54. The lowest BCUT2D eigenvalue weighted by atomic mass is 9.93. The van der Waals surface area contributed by atoms with Crippen molar-refractivity contribution in [2.24, 2.45) is 0 Å². The summed E-state index contributed by atoms with van der Waals surface area (Å²) in [5, 5.41) is 20.2. The van der Waals surface area contributed by atoms with E-state index in [1.54, 1.807) is 0 Å². The van der Waals surface area contributed by atoms with Gasteiger partial charge in [-0.15, -0.1) is 0 Å². The van der Waals surface area contributed by atoms with Gasteiger partial charge < -0.3 is 10.4 Å². The minimum atomic E-state index is -0.0737. The molecule has 0 atom stereocenters. The quantitative estimate of drug-likeness (QED) is 0.726. The fraction of sp³-hybridized carbons (Fsp3) is 0.750. The van der Waals surface area contributed by atoms with Crippen molar-refractivity contribution in [3.63, 3.8) is 0 Å². The number of hydrogen-bond donors (Lipinski definition) is 3. The van der Waals surface area contributed by atoms with Crippen LogP contribution in [0.15, 0.2) is 0 Å². The van der Waals surface area contributed by atoms with Gasteiger partial charge in [-0.05, 0) is 39.5 Å². The molecule has 90 valence electrons. The van der Waals surface area contributed by atoms with E-state index in [-0.39, 0.29) is 6.10 Å². The molecular weight excluding hydrogens is 202 g/mol. The zero-order valence-electron chi connectivity index (χ0n) is 10.1. The molecule has 0 radical (unpaired) electrons. The van der Waals surface area contributed by atoms with E-state index in [1.165, 1.54) is 5.56 Å². The van der Waals surface area contributed by atoms with Crippen molar-refractivity contribution < 1.29 is 5.11 Å². The van der Waals surface area contributed by atoms with Crippen LogP contribution in [-0.2, 0) is 6.54 Å². The Hall–Kier alpha value is -0.870. The number of aryl methyl sites for hydroxylation is 2. The average molecular weight is 223 g/mol. The Morgan fingerprint density at radius 3 is 2.56 bits per heavy atom. The van der Waals surface area contributed by atoms with Crippen LogP contribution < -0.4 is 5.32 Å². The normalized spacial score (nSPS) is 25.9. The number of aromatic amines is 1. The lowest BCUT2D eigenvalue weighted by Crippen LogP contribution is -2.34. The zero-order valence-corrected chi connectivity index (χ0v) is 10.1. The van der Waals surface area contributed by atoms with Gasteiger partial charge in [0.2, 0.25) is 0 Å². The summed E-state index contributed by atoms with van der Waals surface area (Å²) in [5.74, 6) is 0. The van der Waals surface area contributed by atoms with E-state index in [1.807, 2.05) is 6.92 Å². The first-order chi connectivity index (χ1) is 7.66. The van der Waals surface area contributed by atoms with Crippen LogP contribution in [-0.4, -0.2) is 27.4 Å². The lowest BCUT2D eigenvalue weighted by Gasteiger charge is -2.26. The maximum atomic E-state index is 9.42. The van der Waals surface area contributed by atoms with Crippen molar-refractivity contribution in [3.05, 3.63) is 17.0 Å². The topological polar surface area (TPSA) is 60.9 Å². The van der Waals surface area contributed by atoms with Crippen LogP contribution in [0.5, 0.6) is 0 Å². The summed E-state index contributed by atoms with van der Waals surface area (Å²) < 4.78 is 0. The molecule has 0 spiro atoms. The average Bonchev–Trinajstić information content (AvgIpc) is 2.59. The van der Waals surface area contributed by atoms with Crippen LogP contribution in [0.3, 0.4) is 0 Å². The molecule has 0 aromatic carbocycles. The molecule has 1 aromatic rings. The Balaban J connectivity index is 1.83. The Morgan fingerprint density at radius 1 is 1.31 bits per heavy atom. The molecule has 0 bridgehead atoms. The number of aromatic nitrogens is 2. The van der Waals surface area contributed by atoms with E-state index in [0.717, 1.165) is 43.6 Å². The van der Waals surface area contributed by atoms with Crippen molar-refractivity contribution in [2.75, 3.05) is 0 Å². The molecule has 0 saturated heterocycles. The minimum Gasteiger partial charge on any atom is -0.393 e. The second-order valence-electron chi connectivity index (χ2n) is 4.80. The van der Waals surface area contributed by atoms with Crippen LogP contribution in [0.25, 0.3) is 0 Å². The van der Waals surface area contributed by atoms with E-state index < -0.39 is 0 Å². The highest BCUT2D eigenvalue weighted by Gasteiger charge is 2.19. The molecule has 1 heterocycles. The number of hydrogen-bond acceptors (Lipinski definition) is 3. The summed E-state index contributed by atoms with van der Waals surface area (Å²) in [6, 6.07) is 0.553. The largest absolute Gasteiger partial charge is 0.393 e. The van der Waals surface area contributed by atoms with Crippen molar-refractivity contribution >= 4 is 0 Å². The SMILES string of the molecule is Cc1n[nH]c(C)c1CNC1CCC(O)CC1. The summed E-state index contributed by atoms with van der Waals surface area (Å²) in [4.78, 5) is 0. The van der Waals surface area contributed by atoms with Crippen molar-refractivity contribution in [1.82, 2.24) is 15.5 Å².